The minimum Gasteiger partial charge on any atom is -0.297 e. The van der Waals surface area contributed by atoms with Crippen LogP contribution in [0.2, 0.25) is 0 Å². The molecule has 0 amide bonds. The molecule has 0 radical (unpaired) electrons. The van der Waals surface area contributed by atoms with E-state index >= 15 is 0 Å². The van der Waals surface area contributed by atoms with Crippen LogP contribution in [-0.2, 0) is 4.79 Å². The van der Waals surface area contributed by atoms with Crippen molar-refractivity contribution in [1.29, 1.82) is 5.26 Å². The average Bonchev–Trinajstić information content (AvgIpc) is 2.84. The van der Waals surface area contributed by atoms with Crippen LogP contribution in [0.1, 0.15) is 25.7 Å². The number of hydrogen-bond acceptors (Lipinski definition) is 4. The van der Waals surface area contributed by atoms with Gasteiger partial charge in [0.1, 0.15) is 0 Å². The van der Waals surface area contributed by atoms with E-state index in [4.69, 9.17) is 5.26 Å². The summed E-state index contributed by atoms with van der Waals surface area (Å²) >= 11 is 0. The molecule has 1 N–H and O–H groups in total. The van der Waals surface area contributed by atoms with Gasteiger partial charge >= 0.3 is 0 Å². The number of carbonyl (C=O) groups is 1. The lowest BCUT2D eigenvalue weighted by Gasteiger charge is -2.21. The van der Waals surface area contributed by atoms with Crippen molar-refractivity contribution >= 4 is 5.78 Å². The fourth-order valence-corrected chi connectivity index (χ4v) is 2.57. The molecule has 2 rings (SSSR count). The van der Waals surface area contributed by atoms with E-state index in [1.165, 1.54) is 0 Å². The summed E-state index contributed by atoms with van der Waals surface area (Å²) in [5.41, 5.74) is 0. The van der Waals surface area contributed by atoms with Crippen molar-refractivity contribution in [2.45, 2.75) is 43.8 Å². The summed E-state index contributed by atoms with van der Waals surface area (Å²) in [6.45, 7) is 1.02. The lowest BCUT2D eigenvalue weighted by Crippen LogP contribution is -2.45. The monoisotopic (exact) mass is 207 g/mol. The van der Waals surface area contributed by atoms with Crippen molar-refractivity contribution in [2.24, 2.45) is 0 Å². The Morgan fingerprint density at radius 1 is 1.47 bits per heavy atom. The number of carbonyl (C=O) groups excluding carboxylic acids is 1. The van der Waals surface area contributed by atoms with Gasteiger partial charge in [-0.05, 0) is 39.3 Å². The molecule has 2 fully saturated rings. The van der Waals surface area contributed by atoms with Gasteiger partial charge in [-0.25, -0.2) is 0 Å². The summed E-state index contributed by atoms with van der Waals surface area (Å²) in [4.78, 5) is 14.2. The zero-order chi connectivity index (χ0) is 10.8. The van der Waals surface area contributed by atoms with E-state index in [-0.39, 0.29) is 23.9 Å². The second-order valence-corrected chi connectivity index (χ2v) is 4.52. The lowest BCUT2D eigenvalue weighted by atomic mass is 10.0. The van der Waals surface area contributed by atoms with Crippen molar-refractivity contribution < 1.29 is 4.79 Å². The second-order valence-electron chi connectivity index (χ2n) is 4.52. The first-order valence-electron chi connectivity index (χ1n) is 5.62. The Labute approximate surface area is 90.2 Å². The summed E-state index contributed by atoms with van der Waals surface area (Å²) in [5.74, 6) is 0.285. The van der Waals surface area contributed by atoms with Gasteiger partial charge in [0, 0.05) is 0 Å². The predicted molar refractivity (Wildman–Crippen MR) is 56.2 cm³/mol. The van der Waals surface area contributed by atoms with Crippen LogP contribution < -0.4 is 5.32 Å². The lowest BCUT2D eigenvalue weighted by molar-refractivity contribution is -0.124. The Bertz CT molecular complexity index is 297. The van der Waals surface area contributed by atoms with E-state index in [2.05, 4.69) is 16.3 Å². The standard InChI is InChI=1S/C11H17N3O/c1-14-6-2-3-10(14)11(15)9-5-4-8(7-12)13-9/h8-10,13H,2-6H2,1H3/t8-,9-,10?/m0/s1. The first kappa shape index (κ1) is 10.6. The van der Waals surface area contributed by atoms with Gasteiger partial charge in [-0.3, -0.25) is 15.0 Å². The number of rotatable bonds is 2. The quantitative estimate of drug-likeness (QED) is 0.707. The molecule has 2 saturated heterocycles. The van der Waals surface area contributed by atoms with E-state index < -0.39 is 0 Å². The zero-order valence-electron chi connectivity index (χ0n) is 9.07. The Kier molecular flexibility index (Phi) is 3.03. The second kappa shape index (κ2) is 4.30. The number of Topliss-reactive ketones (excluding diaryl/α,β-unsaturated/α-hetero) is 1. The number of likely N-dealkylation sites (tertiary alicyclic amines) is 1. The molecule has 0 aromatic heterocycles. The van der Waals surface area contributed by atoms with Crippen LogP contribution in [-0.4, -0.2) is 42.4 Å². The molecule has 0 saturated carbocycles. The molecule has 2 aliphatic heterocycles. The third kappa shape index (κ3) is 2.04. The Morgan fingerprint density at radius 2 is 2.27 bits per heavy atom. The number of nitrogens with zero attached hydrogens (tertiary/aromatic N) is 2. The van der Waals surface area contributed by atoms with Crippen LogP contribution in [0.3, 0.4) is 0 Å². The summed E-state index contributed by atoms with van der Waals surface area (Å²) < 4.78 is 0. The van der Waals surface area contributed by atoms with Crippen molar-refractivity contribution in [3.8, 4) is 6.07 Å². The number of hydrogen-bond donors (Lipinski definition) is 1. The Balaban J connectivity index is 1.94. The minimum atomic E-state index is -0.120. The highest BCUT2D eigenvalue weighted by molar-refractivity contribution is 5.89. The maximum absolute atomic E-state index is 12.1. The molecule has 3 atom stereocenters. The first-order valence-corrected chi connectivity index (χ1v) is 5.62. The third-order valence-corrected chi connectivity index (χ3v) is 3.49. The van der Waals surface area contributed by atoms with E-state index in [1.54, 1.807) is 0 Å². The zero-order valence-corrected chi connectivity index (χ0v) is 9.07. The molecule has 4 heteroatoms. The molecule has 2 heterocycles. The summed E-state index contributed by atoms with van der Waals surface area (Å²) in [6.07, 6.45) is 3.72. The van der Waals surface area contributed by atoms with Gasteiger partial charge in [-0.1, -0.05) is 0 Å². The van der Waals surface area contributed by atoms with Gasteiger partial charge < -0.3 is 0 Å². The molecule has 1 unspecified atom stereocenters. The SMILES string of the molecule is CN1CCCC1C(=O)[C@@H]1CC[C@@H](C#N)N1. The summed E-state index contributed by atoms with van der Waals surface area (Å²) in [5, 5.41) is 11.8. The average molecular weight is 207 g/mol. The van der Waals surface area contributed by atoms with E-state index in [0.29, 0.717) is 0 Å². The number of ketones is 1. The van der Waals surface area contributed by atoms with Gasteiger partial charge in [-0.15, -0.1) is 0 Å². The van der Waals surface area contributed by atoms with Gasteiger partial charge in [0.2, 0.25) is 0 Å². The highest BCUT2D eigenvalue weighted by atomic mass is 16.1. The summed E-state index contributed by atoms with van der Waals surface area (Å²) in [6, 6.07) is 2.05. The molecule has 2 aliphatic rings. The Morgan fingerprint density at radius 3 is 2.80 bits per heavy atom. The van der Waals surface area contributed by atoms with E-state index in [9.17, 15) is 4.79 Å². The molecule has 82 valence electrons. The third-order valence-electron chi connectivity index (χ3n) is 3.49. The first-order chi connectivity index (χ1) is 7.22. The van der Waals surface area contributed by atoms with Crippen molar-refractivity contribution in [3.05, 3.63) is 0 Å². The number of nitrogens with one attached hydrogen (secondary N) is 1. The number of nitriles is 1. The fraction of sp³-hybridized carbons (Fsp3) is 0.818. The highest BCUT2D eigenvalue weighted by Crippen LogP contribution is 2.21. The fourth-order valence-electron chi connectivity index (χ4n) is 2.57. The molecule has 0 aliphatic carbocycles. The summed E-state index contributed by atoms with van der Waals surface area (Å²) in [7, 11) is 2.01. The van der Waals surface area contributed by atoms with Crippen LogP contribution in [0.4, 0.5) is 0 Å². The highest BCUT2D eigenvalue weighted by Gasteiger charge is 2.36. The molecule has 0 aromatic carbocycles. The van der Waals surface area contributed by atoms with Crippen LogP contribution in [0.25, 0.3) is 0 Å². The van der Waals surface area contributed by atoms with Crippen LogP contribution in [0.15, 0.2) is 0 Å². The van der Waals surface area contributed by atoms with Crippen molar-refractivity contribution in [1.82, 2.24) is 10.2 Å². The minimum absolute atomic E-state index is 0.0831. The topological polar surface area (TPSA) is 56.1 Å². The smallest absolute Gasteiger partial charge is 0.166 e. The molecule has 0 spiro atoms. The van der Waals surface area contributed by atoms with Crippen LogP contribution in [0, 0.1) is 11.3 Å². The molecular formula is C11H17N3O. The molecule has 0 aromatic rings. The van der Waals surface area contributed by atoms with Gasteiger partial charge in [0.25, 0.3) is 0 Å². The molecular weight excluding hydrogens is 190 g/mol. The van der Waals surface area contributed by atoms with Crippen LogP contribution >= 0.6 is 0 Å². The normalized spacial score (nSPS) is 36.7. The van der Waals surface area contributed by atoms with Gasteiger partial charge in [0.05, 0.1) is 24.2 Å². The van der Waals surface area contributed by atoms with E-state index in [1.807, 2.05) is 7.05 Å². The Hall–Kier alpha value is -0.920. The predicted octanol–water partition coefficient (Wildman–Crippen LogP) is 0.294. The maximum atomic E-state index is 12.1. The molecule has 4 nitrogen and oxygen atoms in total. The number of likely N-dealkylation sites (N-methyl/N-ethyl adjacent to an activating group) is 1. The van der Waals surface area contributed by atoms with Gasteiger partial charge in [0.15, 0.2) is 5.78 Å². The molecule has 15 heavy (non-hydrogen) atoms. The van der Waals surface area contributed by atoms with Crippen molar-refractivity contribution in [3.63, 3.8) is 0 Å². The maximum Gasteiger partial charge on any atom is 0.166 e. The van der Waals surface area contributed by atoms with Crippen molar-refractivity contribution in [2.75, 3.05) is 13.6 Å². The van der Waals surface area contributed by atoms with Gasteiger partial charge in [-0.2, -0.15) is 5.26 Å². The largest absolute Gasteiger partial charge is 0.297 e. The molecule has 0 bridgehead atoms. The van der Waals surface area contributed by atoms with E-state index in [0.717, 1.165) is 32.2 Å². The van der Waals surface area contributed by atoms with Crippen LogP contribution in [0.5, 0.6) is 0 Å².